The quantitative estimate of drug-likeness (QED) is 0.905. The molecule has 1 aromatic heterocycles. The normalized spacial score (nSPS) is 19.3. The van der Waals surface area contributed by atoms with Gasteiger partial charge in [-0.1, -0.05) is 29.8 Å². The molecular formula is C19H25N3OS. The van der Waals surface area contributed by atoms with Crippen molar-refractivity contribution in [3.8, 4) is 11.3 Å². The Bertz CT molecular complexity index is 695. The zero-order valence-electron chi connectivity index (χ0n) is 14.6. The van der Waals surface area contributed by atoms with Gasteiger partial charge in [-0.15, -0.1) is 0 Å². The van der Waals surface area contributed by atoms with E-state index in [4.69, 9.17) is 0 Å². The first-order chi connectivity index (χ1) is 11.6. The lowest BCUT2D eigenvalue weighted by Crippen LogP contribution is -2.42. The number of nitrogens with one attached hydrogen (secondary N) is 1. The molecule has 0 radical (unpaired) electrons. The fraction of sp³-hybridized carbons (Fsp3) is 0.474. The van der Waals surface area contributed by atoms with Gasteiger partial charge in [-0.05, 0) is 44.9 Å². The molecular weight excluding hydrogens is 318 g/mol. The van der Waals surface area contributed by atoms with Gasteiger partial charge in [0.15, 0.2) is 0 Å². The van der Waals surface area contributed by atoms with Crippen LogP contribution in [0.4, 0.5) is 0 Å². The first-order valence-electron chi connectivity index (χ1n) is 8.55. The number of piperidine rings is 1. The van der Waals surface area contributed by atoms with Crippen LogP contribution < -0.4 is 0 Å². The third kappa shape index (κ3) is 3.51. The monoisotopic (exact) mass is 343 g/mol. The summed E-state index contributed by atoms with van der Waals surface area (Å²) in [5.41, 5.74) is 3.39. The van der Waals surface area contributed by atoms with Crippen LogP contribution in [-0.2, 0) is 4.79 Å². The lowest BCUT2D eigenvalue weighted by atomic mass is 10.0. The molecule has 3 rings (SSSR count). The number of amides is 1. The number of carbonyl (C=O) groups is 1. The summed E-state index contributed by atoms with van der Waals surface area (Å²) in [6.45, 7) is 4.90. The highest BCUT2D eigenvalue weighted by Crippen LogP contribution is 2.32. The second-order valence-corrected chi connectivity index (χ2v) is 7.65. The standard InChI is InChI=1S/C19H25N3OS/c1-13-7-9-15(10-8-13)16-12-20-18(21-16)17-6-4-5-11-22(17)19(23)14(2)24-3/h7-10,12,14,17H,4-6,11H2,1-3H3,(H,20,21)/t14-,17-/m0/s1. The Kier molecular flexibility index (Phi) is 5.29. The summed E-state index contributed by atoms with van der Waals surface area (Å²) >= 11 is 1.61. The Morgan fingerprint density at radius 2 is 2.08 bits per heavy atom. The topological polar surface area (TPSA) is 49.0 Å². The number of aryl methyl sites for hydroxylation is 1. The number of benzene rings is 1. The highest BCUT2D eigenvalue weighted by Gasteiger charge is 2.32. The number of imidazole rings is 1. The Hall–Kier alpha value is -1.75. The van der Waals surface area contributed by atoms with Crippen molar-refractivity contribution in [2.75, 3.05) is 12.8 Å². The summed E-state index contributed by atoms with van der Waals surface area (Å²) in [4.78, 5) is 22.8. The highest BCUT2D eigenvalue weighted by atomic mass is 32.2. The number of likely N-dealkylation sites (tertiary alicyclic amines) is 1. The summed E-state index contributed by atoms with van der Waals surface area (Å²) < 4.78 is 0. The molecule has 1 fully saturated rings. The van der Waals surface area contributed by atoms with Crippen molar-refractivity contribution in [2.24, 2.45) is 0 Å². The molecule has 1 N–H and O–H groups in total. The average molecular weight is 343 g/mol. The predicted octanol–water partition coefficient (Wildman–Crippen LogP) is 4.19. The molecule has 24 heavy (non-hydrogen) atoms. The molecule has 1 saturated heterocycles. The Balaban J connectivity index is 1.84. The third-order valence-electron chi connectivity index (χ3n) is 4.76. The Morgan fingerprint density at radius 1 is 1.33 bits per heavy atom. The van der Waals surface area contributed by atoms with Gasteiger partial charge in [0.2, 0.25) is 5.91 Å². The summed E-state index contributed by atoms with van der Waals surface area (Å²) in [7, 11) is 0. The first kappa shape index (κ1) is 17.1. The summed E-state index contributed by atoms with van der Waals surface area (Å²) in [5, 5.41) is -0.00266. The second-order valence-electron chi connectivity index (χ2n) is 6.47. The van der Waals surface area contributed by atoms with Crippen LogP contribution in [0.1, 0.15) is 43.6 Å². The number of rotatable bonds is 4. The van der Waals surface area contributed by atoms with Crippen molar-refractivity contribution in [3.63, 3.8) is 0 Å². The van der Waals surface area contributed by atoms with Gasteiger partial charge in [0.05, 0.1) is 23.2 Å². The van der Waals surface area contributed by atoms with Crippen LogP contribution in [0.15, 0.2) is 30.5 Å². The number of nitrogens with zero attached hydrogens (tertiary/aromatic N) is 2. The van der Waals surface area contributed by atoms with Crippen LogP contribution in [0, 0.1) is 6.92 Å². The summed E-state index contributed by atoms with van der Waals surface area (Å²) in [6, 6.07) is 8.48. The molecule has 4 nitrogen and oxygen atoms in total. The van der Waals surface area contributed by atoms with Crippen LogP contribution in [-0.4, -0.2) is 38.8 Å². The zero-order valence-corrected chi connectivity index (χ0v) is 15.4. The molecule has 0 aliphatic carbocycles. The van der Waals surface area contributed by atoms with Crippen molar-refractivity contribution < 1.29 is 4.79 Å². The molecule has 1 amide bonds. The van der Waals surface area contributed by atoms with Gasteiger partial charge in [0.1, 0.15) is 5.82 Å². The predicted molar refractivity (Wildman–Crippen MR) is 100 cm³/mol. The van der Waals surface area contributed by atoms with Crippen LogP contribution in [0.3, 0.4) is 0 Å². The van der Waals surface area contributed by atoms with Crippen LogP contribution in [0.25, 0.3) is 11.3 Å². The van der Waals surface area contributed by atoms with E-state index < -0.39 is 0 Å². The summed E-state index contributed by atoms with van der Waals surface area (Å²) in [6.07, 6.45) is 7.07. The van der Waals surface area contributed by atoms with E-state index in [1.165, 1.54) is 5.56 Å². The largest absolute Gasteiger partial charge is 0.340 e. The molecule has 128 valence electrons. The Morgan fingerprint density at radius 3 is 2.79 bits per heavy atom. The SMILES string of the molecule is CS[C@@H](C)C(=O)N1CCCC[C@H]1c1ncc(-c2ccc(C)cc2)[nH]1. The molecule has 5 heteroatoms. The number of aromatic amines is 1. The van der Waals surface area contributed by atoms with Gasteiger partial charge in [-0.25, -0.2) is 4.98 Å². The number of H-pyrrole nitrogens is 1. The number of thioether (sulfide) groups is 1. The first-order valence-corrected chi connectivity index (χ1v) is 9.84. The van der Waals surface area contributed by atoms with E-state index in [9.17, 15) is 4.79 Å². The number of hydrogen-bond acceptors (Lipinski definition) is 3. The number of aromatic nitrogens is 2. The number of hydrogen-bond donors (Lipinski definition) is 1. The smallest absolute Gasteiger partial charge is 0.236 e. The maximum absolute atomic E-state index is 12.7. The van der Waals surface area contributed by atoms with Crippen molar-refractivity contribution >= 4 is 17.7 Å². The van der Waals surface area contributed by atoms with E-state index in [0.29, 0.717) is 0 Å². The molecule has 2 aromatic rings. The summed E-state index contributed by atoms with van der Waals surface area (Å²) in [5.74, 6) is 1.13. The van der Waals surface area contributed by atoms with E-state index in [-0.39, 0.29) is 17.2 Å². The van der Waals surface area contributed by atoms with Crippen LogP contribution >= 0.6 is 11.8 Å². The van der Waals surface area contributed by atoms with E-state index in [0.717, 1.165) is 42.9 Å². The minimum absolute atomic E-state index is 0.00266. The molecule has 1 aliphatic heterocycles. The van der Waals surface area contributed by atoms with Crippen molar-refractivity contribution in [1.82, 2.24) is 14.9 Å². The van der Waals surface area contributed by atoms with Gasteiger partial charge in [0, 0.05) is 6.54 Å². The third-order valence-corrected chi connectivity index (χ3v) is 5.67. The van der Waals surface area contributed by atoms with Gasteiger partial charge >= 0.3 is 0 Å². The van der Waals surface area contributed by atoms with Gasteiger partial charge in [-0.3, -0.25) is 4.79 Å². The van der Waals surface area contributed by atoms with Crippen LogP contribution in [0.2, 0.25) is 0 Å². The maximum Gasteiger partial charge on any atom is 0.236 e. The number of carbonyl (C=O) groups excluding carboxylic acids is 1. The average Bonchev–Trinajstić information content (AvgIpc) is 3.11. The van der Waals surface area contributed by atoms with E-state index in [2.05, 4.69) is 41.2 Å². The molecule has 0 unspecified atom stereocenters. The van der Waals surface area contributed by atoms with Crippen molar-refractivity contribution in [2.45, 2.75) is 44.4 Å². The highest BCUT2D eigenvalue weighted by molar-refractivity contribution is 7.99. The molecule has 1 aromatic carbocycles. The van der Waals surface area contributed by atoms with Gasteiger partial charge in [-0.2, -0.15) is 11.8 Å². The van der Waals surface area contributed by atoms with E-state index >= 15 is 0 Å². The van der Waals surface area contributed by atoms with E-state index in [1.54, 1.807) is 11.8 Å². The minimum atomic E-state index is -0.00266. The second kappa shape index (κ2) is 7.43. The molecule has 2 heterocycles. The zero-order chi connectivity index (χ0) is 17.1. The molecule has 0 spiro atoms. The fourth-order valence-electron chi connectivity index (χ4n) is 3.20. The molecule has 1 aliphatic rings. The Labute approximate surface area is 148 Å². The van der Waals surface area contributed by atoms with Gasteiger partial charge < -0.3 is 9.88 Å². The van der Waals surface area contributed by atoms with E-state index in [1.807, 2.05) is 24.3 Å². The van der Waals surface area contributed by atoms with Gasteiger partial charge in [0.25, 0.3) is 0 Å². The van der Waals surface area contributed by atoms with Crippen molar-refractivity contribution in [1.29, 1.82) is 0 Å². The van der Waals surface area contributed by atoms with Crippen LogP contribution in [0.5, 0.6) is 0 Å². The molecule has 0 bridgehead atoms. The lowest BCUT2D eigenvalue weighted by molar-refractivity contribution is -0.134. The fourth-order valence-corrected chi connectivity index (χ4v) is 3.54. The lowest BCUT2D eigenvalue weighted by Gasteiger charge is -2.36. The molecule has 2 atom stereocenters. The molecule has 0 saturated carbocycles. The minimum Gasteiger partial charge on any atom is -0.340 e. The maximum atomic E-state index is 12.7. The van der Waals surface area contributed by atoms with Crippen molar-refractivity contribution in [3.05, 3.63) is 41.9 Å².